The summed E-state index contributed by atoms with van der Waals surface area (Å²) in [6, 6.07) is 2.82. The van der Waals surface area contributed by atoms with Crippen LogP contribution < -0.4 is 16.0 Å². The number of benzene rings is 1. The van der Waals surface area contributed by atoms with Crippen molar-refractivity contribution in [3.8, 4) is 0 Å². The van der Waals surface area contributed by atoms with Crippen molar-refractivity contribution >= 4 is 17.6 Å². The molecule has 0 aliphatic carbocycles. The Morgan fingerprint density at radius 3 is 2.68 bits per heavy atom. The van der Waals surface area contributed by atoms with Gasteiger partial charge in [0.2, 0.25) is 0 Å². The second-order valence-corrected chi connectivity index (χ2v) is 4.95. The average Bonchev–Trinajstić information content (AvgIpc) is 2.52. The number of ether oxygens (including phenoxy) is 1. The number of carboxylic acid groups (broad SMARTS) is 1. The first-order valence-electron chi connectivity index (χ1n) is 6.87. The maximum Gasteiger partial charge on any atom is 0.322 e. The minimum Gasteiger partial charge on any atom is -0.480 e. The minimum absolute atomic E-state index is 0.124. The van der Waals surface area contributed by atoms with Crippen LogP contribution in [0.15, 0.2) is 18.2 Å². The van der Waals surface area contributed by atoms with Gasteiger partial charge in [0.15, 0.2) is 0 Å². The van der Waals surface area contributed by atoms with Crippen molar-refractivity contribution in [1.82, 2.24) is 5.32 Å². The number of hydrogen-bond acceptors (Lipinski definition) is 5. The standard InChI is InChI=1S/C14H18FN3O4/c15-10-5-9(13(19)17-8-12(16)14(20)21)6-11(7-10)18-1-3-22-4-2-18/h5-7,12H,1-4,8,16H2,(H,17,19)(H,20,21)/t12-/m1/s1. The number of aliphatic carboxylic acids is 1. The molecule has 1 aliphatic heterocycles. The molecule has 2 rings (SSSR count). The van der Waals surface area contributed by atoms with Gasteiger partial charge in [-0.05, 0) is 18.2 Å². The number of anilines is 1. The lowest BCUT2D eigenvalue weighted by molar-refractivity contribution is -0.138. The molecule has 1 aromatic carbocycles. The molecule has 0 spiro atoms. The average molecular weight is 311 g/mol. The van der Waals surface area contributed by atoms with Gasteiger partial charge >= 0.3 is 5.97 Å². The van der Waals surface area contributed by atoms with Gasteiger partial charge in [-0.1, -0.05) is 0 Å². The lowest BCUT2D eigenvalue weighted by atomic mass is 10.1. The summed E-state index contributed by atoms with van der Waals surface area (Å²) in [5.41, 5.74) is 6.03. The molecule has 7 nitrogen and oxygen atoms in total. The monoisotopic (exact) mass is 311 g/mol. The fourth-order valence-corrected chi connectivity index (χ4v) is 2.10. The minimum atomic E-state index is -1.21. The highest BCUT2D eigenvalue weighted by Crippen LogP contribution is 2.19. The topological polar surface area (TPSA) is 105 Å². The van der Waals surface area contributed by atoms with E-state index in [1.165, 1.54) is 6.07 Å². The van der Waals surface area contributed by atoms with E-state index < -0.39 is 23.7 Å². The maximum atomic E-state index is 13.7. The largest absolute Gasteiger partial charge is 0.480 e. The van der Waals surface area contributed by atoms with Gasteiger partial charge in [0.05, 0.1) is 13.2 Å². The predicted octanol–water partition coefficient (Wildman–Crippen LogP) is -0.196. The third-order valence-electron chi connectivity index (χ3n) is 3.32. The fraction of sp³-hybridized carbons (Fsp3) is 0.429. The normalized spacial score (nSPS) is 16.2. The molecular weight excluding hydrogens is 293 g/mol. The molecule has 1 heterocycles. The van der Waals surface area contributed by atoms with Gasteiger partial charge in [0.25, 0.3) is 5.91 Å². The molecule has 0 unspecified atom stereocenters. The highest BCUT2D eigenvalue weighted by atomic mass is 19.1. The van der Waals surface area contributed by atoms with Crippen molar-refractivity contribution < 1.29 is 23.8 Å². The number of carboxylic acids is 1. The second kappa shape index (κ2) is 7.19. The summed E-state index contributed by atoms with van der Waals surface area (Å²) in [6.45, 7) is 2.11. The zero-order chi connectivity index (χ0) is 16.1. The number of nitrogens with two attached hydrogens (primary N) is 1. The van der Waals surface area contributed by atoms with Crippen LogP contribution in [-0.2, 0) is 9.53 Å². The van der Waals surface area contributed by atoms with Crippen molar-refractivity contribution in [3.05, 3.63) is 29.6 Å². The van der Waals surface area contributed by atoms with E-state index in [1.807, 2.05) is 4.90 Å². The second-order valence-electron chi connectivity index (χ2n) is 4.95. The summed E-state index contributed by atoms with van der Waals surface area (Å²) in [4.78, 5) is 24.5. The van der Waals surface area contributed by atoms with Crippen molar-refractivity contribution in [2.75, 3.05) is 37.7 Å². The molecule has 1 fully saturated rings. The molecule has 0 aromatic heterocycles. The molecule has 4 N–H and O–H groups in total. The van der Waals surface area contributed by atoms with Crippen LogP contribution in [-0.4, -0.2) is 55.9 Å². The van der Waals surface area contributed by atoms with E-state index in [9.17, 15) is 14.0 Å². The van der Waals surface area contributed by atoms with E-state index in [2.05, 4.69) is 5.32 Å². The molecule has 22 heavy (non-hydrogen) atoms. The number of hydrogen-bond donors (Lipinski definition) is 3. The van der Waals surface area contributed by atoms with E-state index in [4.69, 9.17) is 15.6 Å². The molecule has 1 amide bonds. The molecule has 1 aromatic rings. The zero-order valence-corrected chi connectivity index (χ0v) is 11.9. The molecule has 1 saturated heterocycles. The van der Waals surface area contributed by atoms with Gasteiger partial charge in [0.1, 0.15) is 11.9 Å². The van der Waals surface area contributed by atoms with E-state index in [-0.39, 0.29) is 12.1 Å². The van der Waals surface area contributed by atoms with Crippen molar-refractivity contribution in [2.24, 2.45) is 5.73 Å². The van der Waals surface area contributed by atoms with Crippen molar-refractivity contribution in [1.29, 1.82) is 0 Å². The van der Waals surface area contributed by atoms with Gasteiger partial charge in [0, 0.05) is 30.9 Å². The van der Waals surface area contributed by atoms with E-state index >= 15 is 0 Å². The first kappa shape index (κ1) is 16.2. The van der Waals surface area contributed by atoms with Crippen molar-refractivity contribution in [3.63, 3.8) is 0 Å². The van der Waals surface area contributed by atoms with Gasteiger partial charge in [-0.15, -0.1) is 0 Å². The van der Waals surface area contributed by atoms with Crippen LogP contribution in [0.4, 0.5) is 10.1 Å². The number of carbonyl (C=O) groups excluding carboxylic acids is 1. The smallest absolute Gasteiger partial charge is 0.322 e. The van der Waals surface area contributed by atoms with Crippen LogP contribution in [0.25, 0.3) is 0 Å². The molecule has 0 saturated carbocycles. The highest BCUT2D eigenvalue weighted by molar-refractivity contribution is 5.95. The number of halogens is 1. The summed E-state index contributed by atoms with van der Waals surface area (Å²) in [5, 5.41) is 11.1. The number of nitrogens with one attached hydrogen (secondary N) is 1. The number of nitrogens with zero attached hydrogens (tertiary/aromatic N) is 1. The Morgan fingerprint density at radius 1 is 1.36 bits per heavy atom. The lowest BCUT2D eigenvalue weighted by Gasteiger charge is -2.29. The van der Waals surface area contributed by atoms with E-state index in [0.29, 0.717) is 32.0 Å². The molecule has 0 bridgehead atoms. The Bertz CT molecular complexity index is 561. The number of amides is 1. The Balaban J connectivity index is 2.08. The fourth-order valence-electron chi connectivity index (χ4n) is 2.10. The summed E-state index contributed by atoms with van der Waals surface area (Å²) in [5.74, 6) is -2.31. The van der Waals surface area contributed by atoms with Crippen LogP contribution in [0.2, 0.25) is 0 Å². The molecule has 120 valence electrons. The summed E-state index contributed by atoms with van der Waals surface area (Å²) >= 11 is 0. The lowest BCUT2D eigenvalue weighted by Crippen LogP contribution is -2.42. The first-order chi connectivity index (χ1) is 10.5. The number of morpholine rings is 1. The van der Waals surface area contributed by atoms with Crippen LogP contribution in [0.5, 0.6) is 0 Å². The SMILES string of the molecule is N[C@H](CNC(=O)c1cc(F)cc(N2CCOCC2)c1)C(=O)O. The Kier molecular flexibility index (Phi) is 5.29. The zero-order valence-electron chi connectivity index (χ0n) is 11.9. The maximum absolute atomic E-state index is 13.7. The quantitative estimate of drug-likeness (QED) is 0.696. The van der Waals surface area contributed by atoms with Crippen LogP contribution in [0, 0.1) is 5.82 Å². The van der Waals surface area contributed by atoms with Gasteiger partial charge in [-0.2, -0.15) is 0 Å². The van der Waals surface area contributed by atoms with E-state index in [1.54, 1.807) is 6.07 Å². The van der Waals surface area contributed by atoms with Gasteiger partial charge in [-0.25, -0.2) is 4.39 Å². The van der Waals surface area contributed by atoms with E-state index in [0.717, 1.165) is 6.07 Å². The summed E-state index contributed by atoms with van der Waals surface area (Å²) in [7, 11) is 0. The van der Waals surface area contributed by atoms with Crippen LogP contribution >= 0.6 is 0 Å². The third kappa shape index (κ3) is 4.15. The Labute approximate surface area is 126 Å². The highest BCUT2D eigenvalue weighted by Gasteiger charge is 2.17. The third-order valence-corrected chi connectivity index (χ3v) is 3.32. The van der Waals surface area contributed by atoms with Crippen LogP contribution in [0.1, 0.15) is 10.4 Å². The Hall–Kier alpha value is -2.19. The first-order valence-corrected chi connectivity index (χ1v) is 6.87. The van der Waals surface area contributed by atoms with Crippen molar-refractivity contribution in [2.45, 2.75) is 6.04 Å². The molecule has 1 atom stereocenters. The molecule has 8 heteroatoms. The van der Waals surface area contributed by atoms with Crippen LogP contribution in [0.3, 0.4) is 0 Å². The summed E-state index contributed by atoms with van der Waals surface area (Å²) < 4.78 is 18.9. The summed E-state index contributed by atoms with van der Waals surface area (Å²) in [6.07, 6.45) is 0. The predicted molar refractivity (Wildman–Crippen MR) is 77.4 cm³/mol. The van der Waals surface area contributed by atoms with Gasteiger partial charge in [-0.3, -0.25) is 9.59 Å². The Morgan fingerprint density at radius 2 is 2.05 bits per heavy atom. The number of carbonyl (C=O) groups is 2. The van der Waals surface area contributed by atoms with Gasteiger partial charge < -0.3 is 25.8 Å². The molecule has 0 radical (unpaired) electrons. The number of rotatable bonds is 5. The molecular formula is C14H18FN3O4. The molecule has 1 aliphatic rings.